The van der Waals surface area contributed by atoms with Crippen LogP contribution in [0.1, 0.15) is 0 Å². The monoisotopic (exact) mass is 582 g/mol. The zero-order valence-electron chi connectivity index (χ0n) is 13.5. The van der Waals surface area contributed by atoms with Crippen molar-refractivity contribution in [1.82, 2.24) is 9.97 Å². The van der Waals surface area contributed by atoms with Crippen LogP contribution in [-0.4, -0.2) is 9.97 Å². The van der Waals surface area contributed by atoms with E-state index in [4.69, 9.17) is 16.6 Å². The normalized spacial score (nSPS) is 10.9. The lowest BCUT2D eigenvalue weighted by molar-refractivity contribution is 1.31. The summed E-state index contributed by atoms with van der Waals surface area (Å²) >= 11 is 10.7. The minimum absolute atomic E-state index is 0.718. The van der Waals surface area contributed by atoms with Gasteiger partial charge in [-0.15, -0.1) is 0 Å². The van der Waals surface area contributed by atoms with E-state index in [0.717, 1.165) is 38.9 Å². The lowest BCUT2D eigenvalue weighted by Gasteiger charge is -2.04. The number of hydrogen-bond acceptors (Lipinski definition) is 1. The third-order valence-electron chi connectivity index (χ3n) is 4.03. The van der Waals surface area contributed by atoms with Gasteiger partial charge in [0.05, 0.1) is 11.4 Å². The molecule has 0 atom stereocenters. The molecule has 0 aliphatic heterocycles. The van der Waals surface area contributed by atoms with Crippen LogP contribution >= 0.6 is 56.8 Å². The van der Waals surface area contributed by atoms with E-state index in [1.165, 1.54) is 7.14 Å². The molecule has 2 nitrogen and oxygen atoms in total. The molecule has 4 rings (SSSR count). The molecule has 0 fully saturated rings. The first kappa shape index (κ1) is 18.0. The van der Waals surface area contributed by atoms with E-state index in [9.17, 15) is 0 Å². The molecule has 0 saturated carbocycles. The highest BCUT2D eigenvalue weighted by Crippen LogP contribution is 2.34. The lowest BCUT2D eigenvalue weighted by atomic mass is 10.1. The molecule has 3 aromatic carbocycles. The largest absolute Gasteiger partial charge is 0.337 e. The second-order valence-corrected chi connectivity index (χ2v) is 8.76. The van der Waals surface area contributed by atoms with Crippen molar-refractivity contribution in [2.24, 2.45) is 0 Å². The standard InChI is InChI=1S/C21H13ClI2N2/c22-16-9-7-13(8-10-16)21-25-19(14-3-1-5-17(23)11-14)20(26-21)15-4-2-6-18(24)12-15/h1-12H,(H,25,26). The number of aromatic nitrogens is 2. The Morgan fingerprint density at radius 3 is 2.00 bits per heavy atom. The van der Waals surface area contributed by atoms with Crippen LogP contribution in [0.3, 0.4) is 0 Å². The summed E-state index contributed by atoms with van der Waals surface area (Å²) in [7, 11) is 0. The smallest absolute Gasteiger partial charge is 0.138 e. The van der Waals surface area contributed by atoms with Crippen molar-refractivity contribution in [3.63, 3.8) is 0 Å². The lowest BCUT2D eigenvalue weighted by Crippen LogP contribution is -1.85. The summed E-state index contributed by atoms with van der Waals surface area (Å²) in [5, 5.41) is 0.718. The van der Waals surface area contributed by atoms with Crippen molar-refractivity contribution in [2.45, 2.75) is 0 Å². The van der Waals surface area contributed by atoms with Gasteiger partial charge in [-0.3, -0.25) is 0 Å². The fourth-order valence-electron chi connectivity index (χ4n) is 2.82. The molecule has 26 heavy (non-hydrogen) atoms. The van der Waals surface area contributed by atoms with Crippen molar-refractivity contribution < 1.29 is 0 Å². The number of nitrogens with one attached hydrogen (secondary N) is 1. The molecule has 0 amide bonds. The van der Waals surface area contributed by atoms with E-state index in [1.807, 2.05) is 24.3 Å². The third-order valence-corrected chi connectivity index (χ3v) is 5.63. The number of nitrogens with zero attached hydrogens (tertiary/aromatic N) is 1. The van der Waals surface area contributed by atoms with Gasteiger partial charge in [0.15, 0.2) is 0 Å². The molecule has 1 heterocycles. The first-order valence-corrected chi connectivity index (χ1v) is 10.5. The van der Waals surface area contributed by atoms with Crippen LogP contribution < -0.4 is 0 Å². The average Bonchev–Trinajstić information content (AvgIpc) is 3.08. The van der Waals surface area contributed by atoms with Gasteiger partial charge < -0.3 is 4.98 Å². The molecule has 0 bridgehead atoms. The summed E-state index contributed by atoms with van der Waals surface area (Å²) in [6.07, 6.45) is 0. The fraction of sp³-hybridized carbons (Fsp3) is 0. The Morgan fingerprint density at radius 2 is 1.35 bits per heavy atom. The molecular formula is C21H13ClI2N2. The first-order chi connectivity index (χ1) is 12.6. The van der Waals surface area contributed by atoms with Crippen LogP contribution in [0.4, 0.5) is 0 Å². The molecule has 1 aromatic heterocycles. The highest BCUT2D eigenvalue weighted by Gasteiger charge is 2.15. The van der Waals surface area contributed by atoms with Gasteiger partial charge in [0.2, 0.25) is 0 Å². The number of benzene rings is 3. The zero-order valence-corrected chi connectivity index (χ0v) is 18.6. The van der Waals surface area contributed by atoms with Crippen LogP contribution in [0.5, 0.6) is 0 Å². The summed E-state index contributed by atoms with van der Waals surface area (Å²) < 4.78 is 2.38. The second kappa shape index (κ2) is 7.70. The van der Waals surface area contributed by atoms with Gasteiger partial charge in [0, 0.05) is 28.9 Å². The molecule has 0 aliphatic rings. The molecule has 4 aromatic rings. The van der Waals surface area contributed by atoms with Gasteiger partial charge in [-0.2, -0.15) is 0 Å². The Balaban J connectivity index is 1.92. The highest BCUT2D eigenvalue weighted by atomic mass is 127. The maximum absolute atomic E-state index is 6.03. The second-order valence-electron chi connectivity index (χ2n) is 5.84. The van der Waals surface area contributed by atoms with Gasteiger partial charge in [-0.1, -0.05) is 35.9 Å². The maximum atomic E-state index is 6.03. The predicted molar refractivity (Wildman–Crippen MR) is 125 cm³/mol. The summed E-state index contributed by atoms with van der Waals surface area (Å²) in [6, 6.07) is 24.6. The molecule has 0 aliphatic carbocycles. The number of H-pyrrole nitrogens is 1. The number of imidazole rings is 1. The van der Waals surface area contributed by atoms with Crippen LogP contribution in [0.2, 0.25) is 5.02 Å². The van der Waals surface area contributed by atoms with Crippen molar-refractivity contribution in [1.29, 1.82) is 0 Å². The van der Waals surface area contributed by atoms with E-state index in [0.29, 0.717) is 0 Å². The maximum Gasteiger partial charge on any atom is 0.138 e. The van der Waals surface area contributed by atoms with Crippen LogP contribution in [0.25, 0.3) is 33.9 Å². The fourth-order valence-corrected chi connectivity index (χ4v) is 4.03. The summed E-state index contributed by atoms with van der Waals surface area (Å²) in [6.45, 7) is 0. The molecule has 1 N–H and O–H groups in total. The Morgan fingerprint density at radius 1 is 0.731 bits per heavy atom. The zero-order chi connectivity index (χ0) is 18.1. The Hall–Kier alpha value is -1.38. The molecule has 128 valence electrons. The Labute approximate surface area is 184 Å². The van der Waals surface area contributed by atoms with E-state index in [2.05, 4.69) is 98.7 Å². The van der Waals surface area contributed by atoms with Gasteiger partial charge >= 0.3 is 0 Å². The number of rotatable bonds is 3. The Bertz CT molecular complexity index is 1010. The minimum Gasteiger partial charge on any atom is -0.337 e. The van der Waals surface area contributed by atoms with E-state index >= 15 is 0 Å². The molecule has 0 radical (unpaired) electrons. The van der Waals surface area contributed by atoms with E-state index in [-0.39, 0.29) is 0 Å². The molecular weight excluding hydrogens is 570 g/mol. The summed E-state index contributed by atoms with van der Waals surface area (Å²) in [4.78, 5) is 8.44. The van der Waals surface area contributed by atoms with E-state index in [1.54, 1.807) is 0 Å². The third kappa shape index (κ3) is 3.82. The summed E-state index contributed by atoms with van der Waals surface area (Å²) in [5.41, 5.74) is 5.21. The highest BCUT2D eigenvalue weighted by molar-refractivity contribution is 14.1. The van der Waals surface area contributed by atoms with Crippen molar-refractivity contribution in [3.8, 4) is 33.9 Å². The quantitative estimate of drug-likeness (QED) is 0.253. The van der Waals surface area contributed by atoms with Gasteiger partial charge in [-0.05, 0) is 93.7 Å². The molecule has 5 heteroatoms. The van der Waals surface area contributed by atoms with Gasteiger partial charge in [-0.25, -0.2) is 4.98 Å². The minimum atomic E-state index is 0.718. The average molecular weight is 583 g/mol. The van der Waals surface area contributed by atoms with Crippen molar-refractivity contribution in [3.05, 3.63) is 85.0 Å². The van der Waals surface area contributed by atoms with Crippen molar-refractivity contribution >= 4 is 56.8 Å². The predicted octanol–water partition coefficient (Wildman–Crippen LogP) is 7.27. The first-order valence-electron chi connectivity index (χ1n) is 7.98. The SMILES string of the molecule is Clc1ccc(-c2nc(-c3cccc(I)c3)c(-c3cccc(I)c3)[nH]2)cc1. The molecule has 0 unspecified atom stereocenters. The van der Waals surface area contributed by atoms with Crippen LogP contribution in [0.15, 0.2) is 72.8 Å². The topological polar surface area (TPSA) is 28.7 Å². The number of hydrogen-bond donors (Lipinski definition) is 1. The van der Waals surface area contributed by atoms with Gasteiger partial charge in [0.25, 0.3) is 0 Å². The molecule has 0 spiro atoms. The van der Waals surface area contributed by atoms with Gasteiger partial charge in [0.1, 0.15) is 5.82 Å². The van der Waals surface area contributed by atoms with Crippen molar-refractivity contribution in [2.75, 3.05) is 0 Å². The molecule has 0 saturated heterocycles. The number of aromatic amines is 1. The van der Waals surface area contributed by atoms with Crippen LogP contribution in [-0.2, 0) is 0 Å². The van der Waals surface area contributed by atoms with Crippen LogP contribution in [0, 0.1) is 7.14 Å². The van der Waals surface area contributed by atoms with E-state index < -0.39 is 0 Å². The number of halogens is 3. The Kier molecular flexibility index (Phi) is 5.33. The summed E-state index contributed by atoms with van der Waals surface area (Å²) in [5.74, 6) is 0.837.